The molecule has 5 heteroatoms. The van der Waals surface area contributed by atoms with Crippen LogP contribution in [0.15, 0.2) is 0 Å². The van der Waals surface area contributed by atoms with Crippen LogP contribution < -0.4 is 5.11 Å². The third-order valence-corrected chi connectivity index (χ3v) is 1.10. The van der Waals surface area contributed by atoms with Crippen LogP contribution in [0, 0.1) is 5.92 Å². The number of carboxylic acid groups (broad SMARTS) is 2. The van der Waals surface area contributed by atoms with Crippen LogP contribution in [0.25, 0.3) is 0 Å². The lowest BCUT2D eigenvalue weighted by Crippen LogP contribution is -2.42. The Kier molecular flexibility index (Phi) is 2.82. The van der Waals surface area contributed by atoms with Crippen molar-refractivity contribution < 1.29 is 24.9 Å². The summed E-state index contributed by atoms with van der Waals surface area (Å²) in [6.07, 6.45) is -1.93. The predicted octanol–water partition coefficient (Wildman–Crippen LogP) is -2.18. The summed E-state index contributed by atoms with van der Waals surface area (Å²) >= 11 is 0. The Labute approximate surface area is 56.9 Å². The minimum Gasteiger partial charge on any atom is -0.547 e. The maximum absolute atomic E-state index is 9.99. The van der Waals surface area contributed by atoms with Gasteiger partial charge in [-0.1, -0.05) is 0 Å². The number of aliphatic hydroxyl groups is 1. The molecule has 0 spiro atoms. The van der Waals surface area contributed by atoms with Gasteiger partial charge < -0.3 is 20.1 Å². The first-order valence-electron chi connectivity index (χ1n) is 2.58. The maximum atomic E-state index is 9.99. The van der Waals surface area contributed by atoms with Gasteiger partial charge in [0.15, 0.2) is 0 Å². The SMILES string of the molecule is CC(C(=O)O)C(O)C(=O)[O-]. The van der Waals surface area contributed by atoms with Gasteiger partial charge in [-0.2, -0.15) is 0 Å². The Hall–Kier alpha value is -1.10. The van der Waals surface area contributed by atoms with E-state index in [2.05, 4.69) is 0 Å². The lowest BCUT2D eigenvalue weighted by atomic mass is 10.1. The minimum atomic E-state index is -1.93. The van der Waals surface area contributed by atoms with Gasteiger partial charge in [0.25, 0.3) is 0 Å². The van der Waals surface area contributed by atoms with Crippen LogP contribution in [0.5, 0.6) is 0 Å². The van der Waals surface area contributed by atoms with Gasteiger partial charge in [-0.25, -0.2) is 0 Å². The second-order valence-corrected chi connectivity index (χ2v) is 1.89. The Morgan fingerprint density at radius 2 is 1.90 bits per heavy atom. The fourth-order valence-electron chi connectivity index (χ4n) is 0.339. The van der Waals surface area contributed by atoms with Crippen molar-refractivity contribution in [3.8, 4) is 0 Å². The zero-order valence-electron chi connectivity index (χ0n) is 5.27. The van der Waals surface area contributed by atoms with Crippen LogP contribution in [0.2, 0.25) is 0 Å². The van der Waals surface area contributed by atoms with Crippen LogP contribution in [0.4, 0.5) is 0 Å². The molecule has 0 aliphatic carbocycles. The zero-order valence-corrected chi connectivity index (χ0v) is 5.27. The van der Waals surface area contributed by atoms with Crippen molar-refractivity contribution in [1.29, 1.82) is 0 Å². The summed E-state index contributed by atoms with van der Waals surface area (Å²) in [5.41, 5.74) is 0. The highest BCUT2D eigenvalue weighted by Gasteiger charge is 2.21. The highest BCUT2D eigenvalue weighted by Crippen LogP contribution is 2.00. The molecule has 0 saturated heterocycles. The van der Waals surface area contributed by atoms with Crippen LogP contribution >= 0.6 is 0 Å². The molecule has 0 aliphatic rings. The topological polar surface area (TPSA) is 97.7 Å². The van der Waals surface area contributed by atoms with Crippen molar-refractivity contribution in [3.05, 3.63) is 0 Å². The van der Waals surface area contributed by atoms with Crippen LogP contribution in [-0.2, 0) is 9.59 Å². The van der Waals surface area contributed by atoms with E-state index in [0.29, 0.717) is 0 Å². The lowest BCUT2D eigenvalue weighted by molar-refractivity contribution is -0.316. The van der Waals surface area contributed by atoms with Crippen molar-refractivity contribution in [1.82, 2.24) is 0 Å². The molecule has 5 nitrogen and oxygen atoms in total. The molecular weight excluding hydrogens is 140 g/mol. The summed E-state index contributed by atoms with van der Waals surface area (Å²) in [5.74, 6) is -4.46. The molecule has 10 heavy (non-hydrogen) atoms. The zero-order chi connectivity index (χ0) is 8.31. The molecule has 0 aliphatic heterocycles. The first kappa shape index (κ1) is 8.90. The number of aliphatic carboxylic acids is 2. The predicted molar refractivity (Wildman–Crippen MR) is 27.8 cm³/mol. The molecule has 0 radical (unpaired) electrons. The second-order valence-electron chi connectivity index (χ2n) is 1.89. The van der Waals surface area contributed by atoms with E-state index in [1.807, 2.05) is 0 Å². The summed E-state index contributed by atoms with van der Waals surface area (Å²) in [7, 11) is 0. The van der Waals surface area contributed by atoms with Crippen molar-refractivity contribution in [2.45, 2.75) is 13.0 Å². The lowest BCUT2D eigenvalue weighted by Gasteiger charge is -2.14. The first-order valence-corrected chi connectivity index (χ1v) is 2.58. The summed E-state index contributed by atoms with van der Waals surface area (Å²) in [6.45, 7) is 1.09. The Bertz CT molecular complexity index is 134. The molecule has 0 heterocycles. The van der Waals surface area contributed by atoms with Gasteiger partial charge in [0.1, 0.15) is 6.10 Å². The molecule has 0 rings (SSSR count). The van der Waals surface area contributed by atoms with Gasteiger partial charge in [-0.3, -0.25) is 4.79 Å². The summed E-state index contributed by atoms with van der Waals surface area (Å²) < 4.78 is 0. The molecular formula is C5H7O5-. The van der Waals surface area contributed by atoms with Crippen molar-refractivity contribution in [2.75, 3.05) is 0 Å². The molecule has 2 N–H and O–H groups in total. The molecule has 58 valence electrons. The van der Waals surface area contributed by atoms with Gasteiger partial charge in [0, 0.05) is 0 Å². The van der Waals surface area contributed by atoms with E-state index in [-0.39, 0.29) is 0 Å². The van der Waals surface area contributed by atoms with E-state index >= 15 is 0 Å². The normalized spacial score (nSPS) is 15.8. The molecule has 0 bridgehead atoms. The molecule has 0 aromatic rings. The van der Waals surface area contributed by atoms with E-state index in [1.54, 1.807) is 0 Å². The third-order valence-electron chi connectivity index (χ3n) is 1.10. The number of aliphatic hydroxyl groups excluding tert-OH is 1. The number of carboxylic acids is 2. The van der Waals surface area contributed by atoms with Crippen molar-refractivity contribution in [2.24, 2.45) is 5.92 Å². The summed E-state index contributed by atoms with van der Waals surface area (Å²) in [4.78, 5) is 19.8. The smallest absolute Gasteiger partial charge is 0.309 e. The summed E-state index contributed by atoms with van der Waals surface area (Å²) in [5, 5.41) is 26.5. The second kappa shape index (κ2) is 3.17. The van der Waals surface area contributed by atoms with Gasteiger partial charge in [-0.05, 0) is 6.92 Å². The third kappa shape index (κ3) is 2.02. The average molecular weight is 147 g/mol. The fraction of sp³-hybridized carbons (Fsp3) is 0.600. The van der Waals surface area contributed by atoms with Gasteiger partial charge in [0.2, 0.25) is 0 Å². The van der Waals surface area contributed by atoms with Gasteiger partial charge >= 0.3 is 5.97 Å². The minimum absolute atomic E-state index is 1.09. The average Bonchev–Trinajstić information content (AvgIpc) is 1.84. The number of carbonyl (C=O) groups is 2. The maximum Gasteiger partial charge on any atom is 0.309 e. The quantitative estimate of drug-likeness (QED) is 0.472. The molecule has 2 atom stereocenters. The van der Waals surface area contributed by atoms with Crippen LogP contribution in [0.3, 0.4) is 0 Å². The highest BCUT2D eigenvalue weighted by molar-refractivity contribution is 5.80. The summed E-state index contributed by atoms with van der Waals surface area (Å²) in [6, 6.07) is 0. The number of hydrogen-bond acceptors (Lipinski definition) is 4. The van der Waals surface area contributed by atoms with Crippen molar-refractivity contribution >= 4 is 11.9 Å². The fourth-order valence-corrected chi connectivity index (χ4v) is 0.339. The van der Waals surface area contributed by atoms with Crippen LogP contribution in [-0.4, -0.2) is 28.3 Å². The highest BCUT2D eigenvalue weighted by atomic mass is 16.4. The largest absolute Gasteiger partial charge is 0.547 e. The molecule has 0 amide bonds. The number of carbonyl (C=O) groups excluding carboxylic acids is 1. The number of hydrogen-bond donors (Lipinski definition) is 2. The Morgan fingerprint density at radius 1 is 1.50 bits per heavy atom. The Morgan fingerprint density at radius 3 is 2.00 bits per heavy atom. The van der Waals surface area contributed by atoms with E-state index in [1.165, 1.54) is 0 Å². The van der Waals surface area contributed by atoms with Gasteiger partial charge in [-0.15, -0.1) is 0 Å². The standard InChI is InChI=1S/C5H8O5/c1-2(4(7)8)3(6)5(9)10/h2-3,6H,1H3,(H,7,8)(H,9,10)/p-1. The molecule has 0 fully saturated rings. The van der Waals surface area contributed by atoms with E-state index in [4.69, 9.17) is 10.2 Å². The van der Waals surface area contributed by atoms with Crippen LogP contribution in [0.1, 0.15) is 6.92 Å². The van der Waals surface area contributed by atoms with Crippen molar-refractivity contribution in [3.63, 3.8) is 0 Å². The monoisotopic (exact) mass is 147 g/mol. The molecule has 0 aromatic heterocycles. The molecule has 0 aromatic carbocycles. The number of rotatable bonds is 3. The molecule has 0 saturated carbocycles. The molecule has 2 unspecified atom stereocenters. The Balaban J connectivity index is 4.07. The van der Waals surface area contributed by atoms with E-state index in [0.717, 1.165) is 6.92 Å². The van der Waals surface area contributed by atoms with Gasteiger partial charge in [0.05, 0.1) is 11.9 Å². The van der Waals surface area contributed by atoms with E-state index in [9.17, 15) is 14.7 Å². The first-order chi connectivity index (χ1) is 4.46. The van der Waals surface area contributed by atoms with E-state index < -0.39 is 24.0 Å².